The first-order valence-corrected chi connectivity index (χ1v) is 8.12. The molecular weight excluding hydrogens is 300 g/mol. The molecule has 2 nitrogen and oxygen atoms in total. The average molecular weight is 325 g/mol. The molecule has 0 radical (unpaired) electrons. The van der Waals surface area contributed by atoms with Crippen LogP contribution in [0.4, 0.5) is 5.69 Å². The predicted molar refractivity (Wildman–Crippen MR) is 86.8 cm³/mol. The van der Waals surface area contributed by atoms with Gasteiger partial charge in [0.1, 0.15) is 0 Å². The van der Waals surface area contributed by atoms with E-state index in [1.54, 1.807) is 0 Å². The zero-order chi connectivity index (χ0) is 13.8. The van der Waals surface area contributed by atoms with E-state index in [1.165, 1.54) is 43.6 Å². The fourth-order valence-electron chi connectivity index (χ4n) is 2.75. The van der Waals surface area contributed by atoms with Crippen molar-refractivity contribution in [3.63, 3.8) is 0 Å². The molecule has 1 fully saturated rings. The molecule has 1 saturated heterocycles. The van der Waals surface area contributed by atoms with Crippen molar-refractivity contribution in [1.29, 1.82) is 0 Å². The van der Waals surface area contributed by atoms with E-state index in [4.69, 9.17) is 0 Å². The van der Waals surface area contributed by atoms with E-state index >= 15 is 0 Å². The molecule has 0 bridgehead atoms. The van der Waals surface area contributed by atoms with Gasteiger partial charge in [0, 0.05) is 28.8 Å². The molecule has 1 aliphatic heterocycles. The molecule has 1 heterocycles. The van der Waals surface area contributed by atoms with Crippen molar-refractivity contribution in [3.05, 3.63) is 28.2 Å². The van der Waals surface area contributed by atoms with Crippen molar-refractivity contribution in [1.82, 2.24) is 4.90 Å². The van der Waals surface area contributed by atoms with Gasteiger partial charge in [0.05, 0.1) is 0 Å². The van der Waals surface area contributed by atoms with Crippen LogP contribution in [0.5, 0.6) is 0 Å². The maximum Gasteiger partial charge on any atom is 0.0383 e. The number of nitrogens with zero attached hydrogens (tertiary/aromatic N) is 1. The van der Waals surface area contributed by atoms with Gasteiger partial charge in [-0.05, 0) is 64.3 Å². The molecule has 1 aromatic rings. The summed E-state index contributed by atoms with van der Waals surface area (Å²) in [4.78, 5) is 2.59. The molecule has 1 atom stereocenters. The second-order valence-corrected chi connectivity index (χ2v) is 6.78. The van der Waals surface area contributed by atoms with E-state index in [9.17, 15) is 0 Å². The fourth-order valence-corrected chi connectivity index (χ4v) is 3.11. The van der Waals surface area contributed by atoms with Crippen LogP contribution in [0.2, 0.25) is 0 Å². The smallest absolute Gasteiger partial charge is 0.0383 e. The molecule has 1 aliphatic rings. The van der Waals surface area contributed by atoms with Crippen LogP contribution >= 0.6 is 15.9 Å². The number of hydrogen-bond acceptors (Lipinski definition) is 2. The number of aryl methyl sites for hydroxylation is 1. The van der Waals surface area contributed by atoms with Crippen molar-refractivity contribution >= 4 is 21.6 Å². The quantitative estimate of drug-likeness (QED) is 0.884. The summed E-state index contributed by atoms with van der Waals surface area (Å²) in [6, 6.07) is 7.75. The molecule has 2 rings (SSSR count). The monoisotopic (exact) mass is 324 g/mol. The van der Waals surface area contributed by atoms with E-state index in [-0.39, 0.29) is 0 Å². The summed E-state index contributed by atoms with van der Waals surface area (Å²) in [5.74, 6) is 0. The number of rotatable bonds is 3. The number of hydrogen-bond donors (Lipinski definition) is 1. The normalized spacial score (nSPS) is 21.4. The van der Waals surface area contributed by atoms with Crippen LogP contribution in [0.1, 0.15) is 38.7 Å². The van der Waals surface area contributed by atoms with Crippen LogP contribution in [0.3, 0.4) is 0 Å². The minimum atomic E-state index is 0.608. The number of benzene rings is 1. The Labute approximate surface area is 125 Å². The van der Waals surface area contributed by atoms with Crippen LogP contribution in [-0.2, 0) is 0 Å². The molecule has 3 heteroatoms. The number of anilines is 1. The topological polar surface area (TPSA) is 15.3 Å². The third kappa shape index (κ3) is 4.22. The predicted octanol–water partition coefficient (Wildman–Crippen LogP) is 4.43. The van der Waals surface area contributed by atoms with Gasteiger partial charge in [-0.3, -0.25) is 0 Å². The maximum absolute atomic E-state index is 3.73. The Morgan fingerprint density at radius 1 is 1.26 bits per heavy atom. The van der Waals surface area contributed by atoms with E-state index < -0.39 is 0 Å². The highest BCUT2D eigenvalue weighted by Crippen LogP contribution is 2.24. The molecule has 106 valence electrons. The lowest BCUT2D eigenvalue weighted by molar-refractivity contribution is 0.230. The molecule has 0 aromatic heterocycles. The Morgan fingerprint density at radius 2 is 2.05 bits per heavy atom. The van der Waals surface area contributed by atoms with Crippen molar-refractivity contribution in [2.24, 2.45) is 0 Å². The summed E-state index contributed by atoms with van der Waals surface area (Å²) in [5, 5.41) is 3.73. The average Bonchev–Trinajstić information content (AvgIpc) is 2.59. The van der Waals surface area contributed by atoms with Gasteiger partial charge in [0.15, 0.2) is 0 Å². The largest absolute Gasteiger partial charge is 0.382 e. The summed E-state index contributed by atoms with van der Waals surface area (Å²) < 4.78 is 1.15. The maximum atomic E-state index is 3.73. The van der Waals surface area contributed by atoms with Gasteiger partial charge in [-0.25, -0.2) is 0 Å². The van der Waals surface area contributed by atoms with Gasteiger partial charge < -0.3 is 10.2 Å². The first kappa shape index (κ1) is 14.9. The number of halogens is 1. The minimum Gasteiger partial charge on any atom is -0.382 e. The van der Waals surface area contributed by atoms with Crippen molar-refractivity contribution in [3.8, 4) is 0 Å². The molecule has 0 amide bonds. The van der Waals surface area contributed by atoms with Gasteiger partial charge in [-0.2, -0.15) is 0 Å². The van der Waals surface area contributed by atoms with Crippen LogP contribution in [0, 0.1) is 6.92 Å². The Hall–Kier alpha value is -0.540. The van der Waals surface area contributed by atoms with Crippen molar-refractivity contribution in [2.75, 3.05) is 18.4 Å². The van der Waals surface area contributed by atoms with E-state index in [2.05, 4.69) is 65.1 Å². The summed E-state index contributed by atoms with van der Waals surface area (Å²) in [7, 11) is 0. The highest BCUT2D eigenvalue weighted by Gasteiger charge is 2.18. The Kier molecular flexibility index (Phi) is 5.28. The molecule has 19 heavy (non-hydrogen) atoms. The van der Waals surface area contributed by atoms with Gasteiger partial charge in [0.25, 0.3) is 0 Å². The van der Waals surface area contributed by atoms with E-state index in [0.29, 0.717) is 12.1 Å². The highest BCUT2D eigenvalue weighted by molar-refractivity contribution is 9.10. The van der Waals surface area contributed by atoms with E-state index in [0.717, 1.165) is 4.47 Å². The highest BCUT2D eigenvalue weighted by atomic mass is 79.9. The third-order valence-corrected chi connectivity index (χ3v) is 4.55. The third-order valence-electron chi connectivity index (χ3n) is 4.05. The van der Waals surface area contributed by atoms with Gasteiger partial charge in [-0.15, -0.1) is 0 Å². The van der Waals surface area contributed by atoms with Gasteiger partial charge >= 0.3 is 0 Å². The van der Waals surface area contributed by atoms with Gasteiger partial charge in [-0.1, -0.05) is 22.0 Å². The van der Waals surface area contributed by atoms with Crippen molar-refractivity contribution < 1.29 is 0 Å². The van der Waals surface area contributed by atoms with Crippen LogP contribution in [0.25, 0.3) is 0 Å². The van der Waals surface area contributed by atoms with Gasteiger partial charge in [0.2, 0.25) is 0 Å². The lowest BCUT2D eigenvalue weighted by atomic mass is 10.1. The molecule has 0 spiro atoms. The summed E-state index contributed by atoms with van der Waals surface area (Å²) in [5.41, 5.74) is 2.60. The fraction of sp³-hybridized carbons (Fsp3) is 0.625. The second kappa shape index (κ2) is 6.76. The van der Waals surface area contributed by atoms with E-state index in [1.807, 2.05) is 0 Å². The zero-order valence-corrected chi connectivity index (χ0v) is 13.8. The molecule has 1 unspecified atom stereocenters. The molecule has 1 N–H and O–H groups in total. The molecule has 1 aromatic carbocycles. The van der Waals surface area contributed by atoms with Crippen LogP contribution in [-0.4, -0.2) is 30.1 Å². The second-order valence-electron chi connectivity index (χ2n) is 5.86. The standard InChI is InChI=1S/C16H25BrN2/c1-12(2)19-9-4-5-15(8-10-19)18-16-11-14(17)7-6-13(16)3/h6-7,11-12,15,18H,4-5,8-10H2,1-3H3. The number of nitrogens with one attached hydrogen (secondary N) is 1. The summed E-state index contributed by atoms with van der Waals surface area (Å²) in [6.07, 6.45) is 3.81. The first-order valence-electron chi connectivity index (χ1n) is 7.33. The van der Waals surface area contributed by atoms with Crippen LogP contribution in [0.15, 0.2) is 22.7 Å². The Bertz CT molecular complexity index is 417. The first-order chi connectivity index (χ1) is 9.06. The summed E-state index contributed by atoms with van der Waals surface area (Å²) in [6.45, 7) is 9.22. The lowest BCUT2D eigenvalue weighted by Gasteiger charge is -2.24. The number of likely N-dealkylation sites (tertiary alicyclic amines) is 1. The molecule has 0 saturated carbocycles. The molecular formula is C16H25BrN2. The molecule has 0 aliphatic carbocycles. The van der Waals surface area contributed by atoms with Crippen molar-refractivity contribution in [2.45, 2.75) is 52.1 Å². The Morgan fingerprint density at radius 3 is 2.79 bits per heavy atom. The zero-order valence-electron chi connectivity index (χ0n) is 12.2. The lowest BCUT2D eigenvalue weighted by Crippen LogP contribution is -2.32. The van der Waals surface area contributed by atoms with Crippen LogP contribution < -0.4 is 5.32 Å². The minimum absolute atomic E-state index is 0.608. The SMILES string of the molecule is Cc1ccc(Br)cc1NC1CCCN(C(C)C)CC1. The Balaban J connectivity index is 1.98. The summed E-state index contributed by atoms with van der Waals surface area (Å²) >= 11 is 3.56.